The van der Waals surface area contributed by atoms with Crippen LogP contribution in [-0.2, 0) is 15.0 Å². The van der Waals surface area contributed by atoms with Gasteiger partial charge in [-0.1, -0.05) is 44.2 Å². The van der Waals surface area contributed by atoms with E-state index in [0.29, 0.717) is 17.7 Å². The zero-order valence-corrected chi connectivity index (χ0v) is 14.8. The molecule has 0 aliphatic heterocycles. The molecular weight excluding hydrogens is 332 g/mol. The maximum atomic E-state index is 12.3. The van der Waals surface area contributed by atoms with Gasteiger partial charge in [-0.15, -0.1) is 0 Å². The smallest absolute Gasteiger partial charge is 0.322 e. The summed E-state index contributed by atoms with van der Waals surface area (Å²) in [6.07, 6.45) is 0.317. The lowest BCUT2D eigenvalue weighted by atomic mass is 9.81. The summed E-state index contributed by atoms with van der Waals surface area (Å²) < 4.78 is 0. The molecule has 0 saturated carbocycles. The van der Waals surface area contributed by atoms with Gasteiger partial charge in [-0.25, -0.2) is 0 Å². The number of hydrogen-bond donors (Lipinski definition) is 3. The second-order valence-corrected chi connectivity index (χ2v) is 6.63. The highest BCUT2D eigenvalue weighted by Gasteiger charge is 2.24. The number of carbonyl (C=O) groups excluding carboxylic acids is 2. The molecule has 3 N–H and O–H groups in total. The number of carbonyl (C=O) groups is 3. The molecule has 26 heavy (non-hydrogen) atoms. The third-order valence-electron chi connectivity index (χ3n) is 3.99. The van der Waals surface area contributed by atoms with Gasteiger partial charge in [0, 0.05) is 17.7 Å². The summed E-state index contributed by atoms with van der Waals surface area (Å²) in [6, 6.07) is 16.1. The van der Waals surface area contributed by atoms with E-state index in [4.69, 9.17) is 5.11 Å². The molecule has 0 spiro atoms. The normalized spacial score (nSPS) is 10.8. The number of nitrogens with one attached hydrogen (secondary N) is 2. The summed E-state index contributed by atoms with van der Waals surface area (Å²) in [7, 11) is 0. The lowest BCUT2D eigenvalue weighted by Crippen LogP contribution is -2.29. The number of benzene rings is 2. The lowest BCUT2D eigenvalue weighted by molar-refractivity contribution is -0.135. The van der Waals surface area contributed by atoms with E-state index in [-0.39, 0.29) is 11.3 Å². The van der Waals surface area contributed by atoms with Crippen LogP contribution in [0.2, 0.25) is 0 Å². The van der Waals surface area contributed by atoms with Crippen molar-refractivity contribution in [1.29, 1.82) is 0 Å². The third-order valence-corrected chi connectivity index (χ3v) is 3.99. The second kappa shape index (κ2) is 8.29. The van der Waals surface area contributed by atoms with Gasteiger partial charge in [0.25, 0.3) is 5.91 Å². The first-order valence-corrected chi connectivity index (χ1v) is 8.23. The molecule has 0 heterocycles. The van der Waals surface area contributed by atoms with E-state index in [1.54, 1.807) is 12.1 Å². The summed E-state index contributed by atoms with van der Waals surface area (Å²) in [4.78, 5) is 34.6. The van der Waals surface area contributed by atoms with Crippen LogP contribution in [0.5, 0.6) is 0 Å². The van der Waals surface area contributed by atoms with Crippen LogP contribution in [0.15, 0.2) is 54.6 Å². The molecule has 0 unspecified atom stereocenters. The molecule has 2 aromatic carbocycles. The van der Waals surface area contributed by atoms with E-state index in [0.717, 1.165) is 5.56 Å². The Hall–Kier alpha value is -3.15. The van der Waals surface area contributed by atoms with Crippen molar-refractivity contribution in [3.8, 4) is 0 Å². The molecule has 136 valence electrons. The molecule has 2 rings (SSSR count). The number of rotatable bonds is 7. The number of carboxylic acid groups (broad SMARTS) is 1. The standard InChI is InChI=1S/C20H22N2O4/c1-20(2,15-6-4-3-5-7-15)12-17(23)22-16-10-8-14(9-11-16)19(26)21-13-18(24)25/h3-11H,12-13H2,1-2H3,(H,21,26)(H,22,23)(H,24,25). The number of aliphatic carboxylic acids is 1. The van der Waals surface area contributed by atoms with E-state index >= 15 is 0 Å². The van der Waals surface area contributed by atoms with Crippen molar-refractivity contribution in [2.75, 3.05) is 11.9 Å². The second-order valence-electron chi connectivity index (χ2n) is 6.63. The Kier molecular flexibility index (Phi) is 6.11. The molecule has 2 amide bonds. The van der Waals surface area contributed by atoms with E-state index in [1.165, 1.54) is 12.1 Å². The van der Waals surface area contributed by atoms with Crippen LogP contribution in [0.25, 0.3) is 0 Å². The molecule has 0 bridgehead atoms. The highest BCUT2D eigenvalue weighted by atomic mass is 16.4. The van der Waals surface area contributed by atoms with Crippen molar-refractivity contribution < 1.29 is 19.5 Å². The summed E-state index contributed by atoms with van der Waals surface area (Å²) >= 11 is 0. The van der Waals surface area contributed by atoms with Crippen molar-refractivity contribution in [2.45, 2.75) is 25.7 Å². The Balaban J connectivity index is 1.95. The minimum Gasteiger partial charge on any atom is -0.480 e. The van der Waals surface area contributed by atoms with Crippen molar-refractivity contribution in [3.63, 3.8) is 0 Å². The van der Waals surface area contributed by atoms with Gasteiger partial charge in [0.2, 0.25) is 5.91 Å². The zero-order chi connectivity index (χ0) is 19.2. The highest BCUT2D eigenvalue weighted by Crippen LogP contribution is 2.27. The highest BCUT2D eigenvalue weighted by molar-refractivity contribution is 5.97. The number of hydrogen-bond acceptors (Lipinski definition) is 3. The largest absolute Gasteiger partial charge is 0.480 e. The average molecular weight is 354 g/mol. The molecule has 2 aromatic rings. The van der Waals surface area contributed by atoms with E-state index in [1.807, 2.05) is 44.2 Å². The Labute approximate surface area is 152 Å². The van der Waals surface area contributed by atoms with Crippen molar-refractivity contribution in [3.05, 3.63) is 65.7 Å². The molecule has 0 aliphatic rings. The minimum atomic E-state index is -1.11. The van der Waals surface area contributed by atoms with Gasteiger partial charge in [0.15, 0.2) is 0 Å². The van der Waals surface area contributed by atoms with Crippen LogP contribution in [-0.4, -0.2) is 29.4 Å². The van der Waals surface area contributed by atoms with Crippen molar-refractivity contribution >= 4 is 23.5 Å². The third kappa shape index (κ3) is 5.44. The zero-order valence-electron chi connectivity index (χ0n) is 14.8. The van der Waals surface area contributed by atoms with Gasteiger partial charge >= 0.3 is 5.97 Å². The average Bonchev–Trinajstić information content (AvgIpc) is 2.60. The van der Waals surface area contributed by atoms with Crippen LogP contribution in [0.3, 0.4) is 0 Å². The van der Waals surface area contributed by atoms with Crippen molar-refractivity contribution in [2.24, 2.45) is 0 Å². The molecule has 0 aromatic heterocycles. The van der Waals surface area contributed by atoms with Crippen molar-refractivity contribution in [1.82, 2.24) is 5.32 Å². The number of carboxylic acids is 1. The fourth-order valence-corrected chi connectivity index (χ4v) is 2.56. The molecule has 0 atom stereocenters. The minimum absolute atomic E-state index is 0.123. The van der Waals surface area contributed by atoms with Crippen LogP contribution >= 0.6 is 0 Å². The molecule has 6 heteroatoms. The molecule has 0 aliphatic carbocycles. The summed E-state index contributed by atoms with van der Waals surface area (Å²) in [5.41, 5.74) is 1.69. The Bertz CT molecular complexity index is 783. The maximum Gasteiger partial charge on any atom is 0.322 e. The Morgan fingerprint density at radius 1 is 0.962 bits per heavy atom. The fraction of sp³-hybridized carbons (Fsp3) is 0.250. The van der Waals surface area contributed by atoms with E-state index in [9.17, 15) is 14.4 Å². The molecule has 0 saturated heterocycles. The van der Waals surface area contributed by atoms with Gasteiger partial charge < -0.3 is 15.7 Å². The van der Waals surface area contributed by atoms with Gasteiger partial charge in [-0.3, -0.25) is 14.4 Å². The topological polar surface area (TPSA) is 95.5 Å². The predicted octanol–water partition coefficient (Wildman–Crippen LogP) is 2.81. The summed E-state index contributed by atoms with van der Waals surface area (Å²) in [5.74, 6) is -1.71. The van der Waals surface area contributed by atoms with Crippen LogP contribution in [0.4, 0.5) is 5.69 Å². The van der Waals surface area contributed by atoms with Gasteiger partial charge in [-0.05, 0) is 35.2 Å². The van der Waals surface area contributed by atoms with Gasteiger partial charge in [0.05, 0.1) is 0 Å². The number of anilines is 1. The Morgan fingerprint density at radius 2 is 1.58 bits per heavy atom. The quantitative estimate of drug-likeness (QED) is 0.712. The van der Waals surface area contributed by atoms with E-state index < -0.39 is 18.4 Å². The summed E-state index contributed by atoms with van der Waals surface area (Å²) in [6.45, 7) is 3.58. The van der Waals surface area contributed by atoms with Gasteiger partial charge in [-0.2, -0.15) is 0 Å². The first-order valence-electron chi connectivity index (χ1n) is 8.23. The first kappa shape index (κ1) is 19.2. The Morgan fingerprint density at radius 3 is 2.15 bits per heavy atom. The lowest BCUT2D eigenvalue weighted by Gasteiger charge is -2.24. The molecule has 6 nitrogen and oxygen atoms in total. The maximum absolute atomic E-state index is 12.3. The van der Waals surface area contributed by atoms with Gasteiger partial charge in [0.1, 0.15) is 6.54 Å². The van der Waals surface area contributed by atoms with Crippen LogP contribution < -0.4 is 10.6 Å². The summed E-state index contributed by atoms with van der Waals surface area (Å²) in [5, 5.41) is 13.7. The molecular formula is C20H22N2O4. The number of amides is 2. The first-order chi connectivity index (χ1) is 12.3. The monoisotopic (exact) mass is 354 g/mol. The molecule has 0 fully saturated rings. The van der Waals surface area contributed by atoms with E-state index in [2.05, 4.69) is 10.6 Å². The fourth-order valence-electron chi connectivity index (χ4n) is 2.56. The molecule has 0 radical (unpaired) electrons. The van der Waals surface area contributed by atoms with Crippen LogP contribution in [0, 0.1) is 0 Å². The predicted molar refractivity (Wildman–Crippen MR) is 99.1 cm³/mol. The van der Waals surface area contributed by atoms with Crippen LogP contribution in [0.1, 0.15) is 36.2 Å². The SMILES string of the molecule is CC(C)(CC(=O)Nc1ccc(C(=O)NCC(=O)O)cc1)c1ccccc1.